The summed E-state index contributed by atoms with van der Waals surface area (Å²) in [6.07, 6.45) is 0. The highest BCUT2D eigenvalue weighted by molar-refractivity contribution is 7.91. The predicted molar refractivity (Wildman–Crippen MR) is 54.8 cm³/mol. The van der Waals surface area contributed by atoms with E-state index in [0.717, 1.165) is 0 Å². The molecule has 0 saturated carbocycles. The molecule has 0 atom stereocenters. The van der Waals surface area contributed by atoms with E-state index in [2.05, 4.69) is 5.32 Å². The van der Waals surface area contributed by atoms with E-state index in [1.54, 1.807) is 0 Å². The molecular formula is C10H12FNO2S. The molecule has 1 aliphatic heterocycles. The van der Waals surface area contributed by atoms with E-state index in [9.17, 15) is 12.8 Å². The van der Waals surface area contributed by atoms with E-state index >= 15 is 0 Å². The van der Waals surface area contributed by atoms with Crippen LogP contribution in [0.2, 0.25) is 0 Å². The Labute approximate surface area is 88.2 Å². The molecule has 3 nitrogen and oxygen atoms in total. The highest BCUT2D eigenvalue weighted by Gasteiger charge is 2.27. The molecule has 0 aliphatic carbocycles. The van der Waals surface area contributed by atoms with Crippen LogP contribution in [-0.4, -0.2) is 27.3 Å². The Kier molecular flexibility index (Phi) is 2.75. The molecule has 1 aromatic carbocycles. The predicted octanol–water partition coefficient (Wildman–Crippen LogP) is 0.819. The second-order valence-corrected chi connectivity index (χ2v) is 5.74. The van der Waals surface area contributed by atoms with Crippen molar-refractivity contribution in [1.82, 2.24) is 5.32 Å². The molecule has 1 N–H and O–H groups in total. The third-order valence-corrected chi connectivity index (χ3v) is 4.40. The number of hydrogen-bond donors (Lipinski definition) is 1. The average molecular weight is 229 g/mol. The Morgan fingerprint density at radius 1 is 1.33 bits per heavy atom. The lowest BCUT2D eigenvalue weighted by atomic mass is 10.1. The van der Waals surface area contributed by atoms with Crippen molar-refractivity contribution in [2.24, 2.45) is 5.92 Å². The van der Waals surface area contributed by atoms with Gasteiger partial charge in [0, 0.05) is 13.1 Å². The third kappa shape index (κ3) is 2.18. The van der Waals surface area contributed by atoms with Crippen LogP contribution < -0.4 is 5.32 Å². The molecule has 0 radical (unpaired) electrons. The topological polar surface area (TPSA) is 46.2 Å². The molecule has 0 aromatic heterocycles. The average Bonchev–Trinajstić information content (AvgIpc) is 2.12. The summed E-state index contributed by atoms with van der Waals surface area (Å²) in [5.74, 6) is -0.514. The van der Waals surface area contributed by atoms with Gasteiger partial charge in [-0.2, -0.15) is 0 Å². The van der Waals surface area contributed by atoms with Gasteiger partial charge < -0.3 is 5.32 Å². The highest BCUT2D eigenvalue weighted by Crippen LogP contribution is 2.18. The van der Waals surface area contributed by atoms with Crippen molar-refractivity contribution in [2.45, 2.75) is 4.90 Å². The summed E-state index contributed by atoms with van der Waals surface area (Å²) in [4.78, 5) is -0.183. The minimum Gasteiger partial charge on any atom is -0.316 e. The Hall–Kier alpha value is -0.940. The van der Waals surface area contributed by atoms with Gasteiger partial charge in [-0.25, -0.2) is 12.8 Å². The van der Waals surface area contributed by atoms with Crippen molar-refractivity contribution in [3.05, 3.63) is 30.1 Å². The fourth-order valence-corrected chi connectivity index (χ4v) is 3.25. The third-order valence-electron chi connectivity index (χ3n) is 2.49. The van der Waals surface area contributed by atoms with Gasteiger partial charge in [-0.1, -0.05) is 12.1 Å². The van der Waals surface area contributed by atoms with Crippen LogP contribution in [0.3, 0.4) is 0 Å². The molecule has 0 amide bonds. The van der Waals surface area contributed by atoms with Gasteiger partial charge in [0.1, 0.15) is 10.7 Å². The van der Waals surface area contributed by atoms with Gasteiger partial charge in [-0.3, -0.25) is 0 Å². The maximum atomic E-state index is 13.3. The second kappa shape index (κ2) is 3.90. The van der Waals surface area contributed by atoms with Crippen molar-refractivity contribution in [2.75, 3.05) is 18.8 Å². The molecular weight excluding hydrogens is 217 g/mol. The molecule has 1 aliphatic rings. The summed E-state index contributed by atoms with van der Waals surface area (Å²) in [5, 5.41) is 2.99. The summed E-state index contributed by atoms with van der Waals surface area (Å²) >= 11 is 0. The first-order valence-electron chi connectivity index (χ1n) is 4.77. The van der Waals surface area contributed by atoms with Gasteiger partial charge in [0.15, 0.2) is 9.84 Å². The first kappa shape index (κ1) is 10.6. The van der Waals surface area contributed by atoms with Crippen molar-refractivity contribution in [1.29, 1.82) is 0 Å². The number of hydrogen-bond acceptors (Lipinski definition) is 3. The summed E-state index contributed by atoms with van der Waals surface area (Å²) in [7, 11) is -3.47. The first-order chi connectivity index (χ1) is 7.09. The van der Waals surface area contributed by atoms with Crippen molar-refractivity contribution >= 4 is 9.84 Å². The van der Waals surface area contributed by atoms with Crippen molar-refractivity contribution < 1.29 is 12.8 Å². The fraction of sp³-hybridized carbons (Fsp3) is 0.400. The molecule has 1 aromatic rings. The van der Waals surface area contributed by atoms with E-state index in [1.807, 2.05) is 0 Å². The van der Waals surface area contributed by atoms with Gasteiger partial charge in [-0.15, -0.1) is 0 Å². The molecule has 1 heterocycles. The van der Waals surface area contributed by atoms with Gasteiger partial charge in [0.2, 0.25) is 0 Å². The first-order valence-corrected chi connectivity index (χ1v) is 6.43. The normalized spacial score (nSPS) is 17.4. The van der Waals surface area contributed by atoms with Crippen molar-refractivity contribution in [3.63, 3.8) is 0 Å². The van der Waals surface area contributed by atoms with Gasteiger partial charge in [0.05, 0.1) is 5.75 Å². The number of benzene rings is 1. The molecule has 82 valence electrons. The zero-order valence-corrected chi connectivity index (χ0v) is 8.93. The molecule has 5 heteroatoms. The van der Waals surface area contributed by atoms with Gasteiger partial charge in [0.25, 0.3) is 0 Å². The van der Waals surface area contributed by atoms with E-state index < -0.39 is 15.7 Å². The number of nitrogens with one attached hydrogen (secondary N) is 1. The lowest BCUT2D eigenvalue weighted by Crippen LogP contribution is -2.45. The van der Waals surface area contributed by atoms with E-state index in [4.69, 9.17) is 0 Å². The number of rotatable bonds is 3. The number of halogens is 1. The standard InChI is InChI=1S/C10H12FNO2S/c11-9-3-1-2-4-10(9)15(13,14)7-8-5-12-6-8/h1-4,8,12H,5-7H2. The Bertz CT molecular complexity index is 454. The van der Waals surface area contributed by atoms with E-state index in [-0.39, 0.29) is 16.6 Å². The van der Waals surface area contributed by atoms with Gasteiger partial charge >= 0.3 is 0 Å². The van der Waals surface area contributed by atoms with Crippen LogP contribution in [0.4, 0.5) is 4.39 Å². The van der Waals surface area contributed by atoms with E-state index in [1.165, 1.54) is 24.3 Å². The Balaban J connectivity index is 2.24. The lowest BCUT2D eigenvalue weighted by molar-refractivity contribution is 0.378. The maximum Gasteiger partial charge on any atom is 0.181 e. The highest BCUT2D eigenvalue weighted by atomic mass is 32.2. The summed E-state index contributed by atoms with van der Waals surface area (Å²) in [6, 6.07) is 5.51. The van der Waals surface area contributed by atoms with Gasteiger partial charge in [-0.05, 0) is 18.1 Å². The summed E-state index contributed by atoms with van der Waals surface area (Å²) < 4.78 is 36.8. The molecule has 1 fully saturated rings. The molecule has 0 spiro atoms. The van der Waals surface area contributed by atoms with Crippen LogP contribution in [0.1, 0.15) is 0 Å². The SMILES string of the molecule is O=S(=O)(CC1CNC1)c1ccccc1F. The Morgan fingerprint density at radius 2 is 2.00 bits per heavy atom. The second-order valence-electron chi connectivity index (χ2n) is 3.74. The maximum absolute atomic E-state index is 13.3. The molecule has 15 heavy (non-hydrogen) atoms. The molecule has 0 bridgehead atoms. The quantitative estimate of drug-likeness (QED) is 0.834. The fourth-order valence-electron chi connectivity index (χ4n) is 1.56. The number of sulfone groups is 1. The lowest BCUT2D eigenvalue weighted by Gasteiger charge is -2.26. The van der Waals surface area contributed by atoms with Crippen LogP contribution in [0.25, 0.3) is 0 Å². The molecule has 1 saturated heterocycles. The van der Waals surface area contributed by atoms with Crippen molar-refractivity contribution in [3.8, 4) is 0 Å². The van der Waals surface area contributed by atoms with Crippen LogP contribution in [0.5, 0.6) is 0 Å². The zero-order chi connectivity index (χ0) is 10.9. The molecule has 0 unspecified atom stereocenters. The van der Waals surface area contributed by atoms with Crippen LogP contribution >= 0.6 is 0 Å². The van der Waals surface area contributed by atoms with E-state index in [0.29, 0.717) is 13.1 Å². The summed E-state index contributed by atoms with van der Waals surface area (Å²) in [6.45, 7) is 1.40. The minimum absolute atomic E-state index is 0.0287. The minimum atomic E-state index is -3.47. The smallest absolute Gasteiger partial charge is 0.181 e. The summed E-state index contributed by atoms with van der Waals surface area (Å²) in [5.41, 5.74) is 0. The van der Waals surface area contributed by atoms with Crippen LogP contribution in [-0.2, 0) is 9.84 Å². The molecule has 2 rings (SSSR count). The Morgan fingerprint density at radius 3 is 2.53 bits per heavy atom. The largest absolute Gasteiger partial charge is 0.316 e. The monoisotopic (exact) mass is 229 g/mol. The van der Waals surface area contributed by atoms with Crippen LogP contribution in [0, 0.1) is 11.7 Å². The van der Waals surface area contributed by atoms with Crippen LogP contribution in [0.15, 0.2) is 29.2 Å². The zero-order valence-electron chi connectivity index (χ0n) is 8.11.